The van der Waals surface area contributed by atoms with Crippen LogP contribution in [0.25, 0.3) is 0 Å². The van der Waals surface area contributed by atoms with Gasteiger partial charge < -0.3 is 10.2 Å². The van der Waals surface area contributed by atoms with Gasteiger partial charge in [-0.15, -0.1) is 0 Å². The first-order chi connectivity index (χ1) is 8.85. The molecule has 0 saturated heterocycles. The van der Waals surface area contributed by atoms with Crippen molar-refractivity contribution >= 4 is 29.2 Å². The van der Waals surface area contributed by atoms with E-state index in [2.05, 4.69) is 0 Å². The van der Waals surface area contributed by atoms with Crippen LogP contribution in [0, 0.1) is 0 Å². The van der Waals surface area contributed by atoms with Crippen molar-refractivity contribution in [3.05, 3.63) is 27.7 Å². The molecule has 0 bridgehead atoms. The van der Waals surface area contributed by atoms with E-state index in [1.54, 1.807) is 11.0 Å². The van der Waals surface area contributed by atoms with E-state index < -0.39 is 5.97 Å². The highest BCUT2D eigenvalue weighted by molar-refractivity contribution is 6.35. The fraction of sp³-hybridized carbons (Fsp3) is 0.462. The maximum Gasteiger partial charge on any atom is 0.317 e. The number of nitrogens with zero attached hydrogens (tertiary/aromatic N) is 1. The Hall–Kier alpha value is -0.970. The van der Waals surface area contributed by atoms with Crippen molar-refractivity contribution < 1.29 is 15.0 Å². The van der Waals surface area contributed by atoms with Crippen molar-refractivity contribution in [2.45, 2.75) is 32.9 Å². The lowest BCUT2D eigenvalue weighted by molar-refractivity contribution is -0.139. The van der Waals surface area contributed by atoms with E-state index in [9.17, 15) is 9.90 Å². The molecule has 19 heavy (non-hydrogen) atoms. The summed E-state index contributed by atoms with van der Waals surface area (Å²) in [6, 6.07) is 3.13. The molecule has 0 aliphatic carbocycles. The summed E-state index contributed by atoms with van der Waals surface area (Å²) in [4.78, 5) is 12.6. The summed E-state index contributed by atoms with van der Waals surface area (Å²) in [6.07, 6.45) is 0.808. The summed E-state index contributed by atoms with van der Waals surface area (Å²) in [6.45, 7) is 4.10. The van der Waals surface area contributed by atoms with Gasteiger partial charge in [-0.05, 0) is 25.5 Å². The van der Waals surface area contributed by atoms with Gasteiger partial charge in [0.05, 0.1) is 11.6 Å². The molecular formula is C13H17Cl2NO3. The zero-order chi connectivity index (χ0) is 14.6. The summed E-state index contributed by atoms with van der Waals surface area (Å²) in [5.41, 5.74) is 0.527. The number of carboxylic acids is 1. The largest absolute Gasteiger partial charge is 0.506 e. The maximum atomic E-state index is 10.9. The molecule has 1 atom stereocenters. The minimum atomic E-state index is -0.909. The number of carboxylic acid groups (broad SMARTS) is 1. The number of aromatic hydroxyl groups is 1. The lowest BCUT2D eigenvalue weighted by Crippen LogP contribution is -2.36. The Balaban J connectivity index is 2.98. The van der Waals surface area contributed by atoms with Crippen molar-refractivity contribution in [3.8, 4) is 5.75 Å². The number of rotatable bonds is 6. The average molecular weight is 306 g/mol. The second-order valence-corrected chi connectivity index (χ2v) is 5.29. The van der Waals surface area contributed by atoms with Crippen molar-refractivity contribution in [3.63, 3.8) is 0 Å². The van der Waals surface area contributed by atoms with Crippen molar-refractivity contribution in [2.24, 2.45) is 0 Å². The summed E-state index contributed by atoms with van der Waals surface area (Å²) < 4.78 is 0. The van der Waals surface area contributed by atoms with Crippen LogP contribution in [0.5, 0.6) is 5.75 Å². The lowest BCUT2D eigenvalue weighted by Gasteiger charge is -2.27. The molecule has 1 aromatic rings. The third-order valence-corrected chi connectivity index (χ3v) is 3.54. The van der Waals surface area contributed by atoms with Crippen LogP contribution in [-0.4, -0.2) is 33.7 Å². The molecule has 1 rings (SSSR count). The number of hydrogen-bond donors (Lipinski definition) is 2. The van der Waals surface area contributed by atoms with E-state index in [1.165, 1.54) is 6.07 Å². The smallest absolute Gasteiger partial charge is 0.317 e. The third-order valence-electron chi connectivity index (χ3n) is 3.03. The van der Waals surface area contributed by atoms with Gasteiger partial charge in [0.25, 0.3) is 0 Å². The molecule has 0 saturated carbocycles. The number of hydrogen-bond acceptors (Lipinski definition) is 3. The average Bonchev–Trinajstić information content (AvgIpc) is 2.32. The van der Waals surface area contributed by atoms with Crippen LogP contribution in [0.3, 0.4) is 0 Å². The van der Waals surface area contributed by atoms with E-state index in [0.29, 0.717) is 10.6 Å². The molecule has 0 aliphatic rings. The Morgan fingerprint density at radius 3 is 2.58 bits per heavy atom. The Kier molecular flexibility index (Phi) is 5.91. The maximum absolute atomic E-state index is 10.9. The van der Waals surface area contributed by atoms with Crippen LogP contribution in [0.4, 0.5) is 0 Å². The summed E-state index contributed by atoms with van der Waals surface area (Å²) in [7, 11) is 0. The molecule has 1 aromatic carbocycles. The van der Waals surface area contributed by atoms with E-state index >= 15 is 0 Å². The number of carbonyl (C=O) groups is 1. The van der Waals surface area contributed by atoms with E-state index in [1.807, 2.05) is 13.8 Å². The summed E-state index contributed by atoms with van der Waals surface area (Å²) in [5, 5.41) is 19.4. The SMILES string of the molecule is CCC(C)N(CC(=O)O)Cc1cc(Cl)cc(Cl)c1O. The highest BCUT2D eigenvalue weighted by atomic mass is 35.5. The van der Waals surface area contributed by atoms with Crippen LogP contribution < -0.4 is 0 Å². The van der Waals surface area contributed by atoms with Crippen LogP contribution in [0.1, 0.15) is 25.8 Å². The van der Waals surface area contributed by atoms with E-state index in [0.717, 1.165) is 6.42 Å². The first-order valence-electron chi connectivity index (χ1n) is 5.97. The standard InChI is InChI=1S/C13H17Cl2NO3/c1-3-8(2)16(7-12(17)18)6-9-4-10(14)5-11(15)13(9)19/h4-5,8,19H,3,6-7H2,1-2H3,(H,17,18). The fourth-order valence-corrected chi connectivity index (χ4v) is 2.29. The van der Waals surface area contributed by atoms with Gasteiger partial charge in [-0.3, -0.25) is 9.69 Å². The Morgan fingerprint density at radius 2 is 2.05 bits per heavy atom. The van der Waals surface area contributed by atoms with Crippen LogP contribution >= 0.6 is 23.2 Å². The Bertz CT molecular complexity index is 465. The molecule has 0 spiro atoms. The minimum absolute atomic E-state index is 0.0511. The Labute approximate surface area is 122 Å². The van der Waals surface area contributed by atoms with Gasteiger partial charge >= 0.3 is 5.97 Å². The summed E-state index contributed by atoms with van der Waals surface area (Å²) >= 11 is 11.7. The highest BCUT2D eigenvalue weighted by Crippen LogP contribution is 2.32. The fourth-order valence-electron chi connectivity index (χ4n) is 1.76. The molecule has 6 heteroatoms. The van der Waals surface area contributed by atoms with Crippen molar-refractivity contribution in [2.75, 3.05) is 6.54 Å². The topological polar surface area (TPSA) is 60.8 Å². The predicted octanol–water partition coefficient (Wildman–Crippen LogP) is 3.38. The first-order valence-corrected chi connectivity index (χ1v) is 6.73. The Morgan fingerprint density at radius 1 is 1.42 bits per heavy atom. The molecule has 0 amide bonds. The zero-order valence-corrected chi connectivity index (χ0v) is 12.4. The number of aliphatic carboxylic acids is 1. The van der Waals surface area contributed by atoms with Crippen molar-refractivity contribution in [1.82, 2.24) is 4.90 Å². The van der Waals surface area contributed by atoms with Crippen molar-refractivity contribution in [1.29, 1.82) is 0 Å². The second kappa shape index (κ2) is 6.98. The predicted molar refractivity (Wildman–Crippen MR) is 75.9 cm³/mol. The lowest BCUT2D eigenvalue weighted by atomic mass is 10.1. The van der Waals surface area contributed by atoms with Gasteiger partial charge in [-0.25, -0.2) is 0 Å². The van der Waals surface area contributed by atoms with Crippen LogP contribution in [0.2, 0.25) is 10.0 Å². The number of phenols is 1. The van der Waals surface area contributed by atoms with Crippen LogP contribution in [-0.2, 0) is 11.3 Å². The van der Waals surface area contributed by atoms with E-state index in [4.69, 9.17) is 28.3 Å². The zero-order valence-electron chi connectivity index (χ0n) is 10.9. The molecule has 2 N–H and O–H groups in total. The molecular weight excluding hydrogens is 289 g/mol. The third kappa shape index (κ3) is 4.56. The molecule has 106 valence electrons. The van der Waals surface area contributed by atoms with Gasteiger partial charge in [0.1, 0.15) is 5.75 Å². The van der Waals surface area contributed by atoms with Gasteiger partial charge in [0, 0.05) is 23.2 Å². The van der Waals surface area contributed by atoms with Gasteiger partial charge in [-0.2, -0.15) is 0 Å². The number of phenolic OH excluding ortho intramolecular Hbond substituents is 1. The molecule has 1 unspecified atom stereocenters. The van der Waals surface area contributed by atoms with Gasteiger partial charge in [-0.1, -0.05) is 30.1 Å². The summed E-state index contributed by atoms with van der Waals surface area (Å²) in [5.74, 6) is -0.960. The first kappa shape index (κ1) is 16.1. The highest BCUT2D eigenvalue weighted by Gasteiger charge is 2.18. The van der Waals surface area contributed by atoms with Crippen LogP contribution in [0.15, 0.2) is 12.1 Å². The molecule has 4 nitrogen and oxygen atoms in total. The molecule has 0 radical (unpaired) electrons. The molecule has 0 heterocycles. The minimum Gasteiger partial charge on any atom is -0.506 e. The normalized spacial score (nSPS) is 12.7. The number of halogens is 2. The quantitative estimate of drug-likeness (QED) is 0.846. The monoisotopic (exact) mass is 305 g/mol. The van der Waals surface area contributed by atoms with E-state index in [-0.39, 0.29) is 29.9 Å². The van der Waals surface area contributed by atoms with Gasteiger partial charge in [0.15, 0.2) is 0 Å². The van der Waals surface area contributed by atoms with Gasteiger partial charge in [0.2, 0.25) is 0 Å². The molecule has 0 fully saturated rings. The second-order valence-electron chi connectivity index (χ2n) is 4.45. The number of benzene rings is 1. The molecule has 0 aliphatic heterocycles. The molecule has 0 aromatic heterocycles.